The number of hydrogen-bond donors (Lipinski definition) is 1. The third kappa shape index (κ3) is 4.29. The smallest absolute Gasteiger partial charge is 0.231 e. The Bertz CT molecular complexity index is 1060. The lowest BCUT2D eigenvalue weighted by Crippen LogP contribution is -2.28. The van der Waals surface area contributed by atoms with E-state index < -0.39 is 17.6 Å². The molecule has 0 saturated carbocycles. The molecule has 1 N–H and O–H groups in total. The van der Waals surface area contributed by atoms with Crippen LogP contribution in [0.2, 0.25) is 0 Å². The summed E-state index contributed by atoms with van der Waals surface area (Å²) in [6, 6.07) is 8.98. The molecule has 1 aliphatic rings. The fourth-order valence-corrected chi connectivity index (χ4v) is 3.84. The molecule has 29 heavy (non-hydrogen) atoms. The monoisotopic (exact) mass is 414 g/mol. The second kappa shape index (κ2) is 8.04. The maximum atomic E-state index is 13.4. The zero-order valence-electron chi connectivity index (χ0n) is 15.1. The highest BCUT2D eigenvalue weighted by atomic mass is 32.1. The summed E-state index contributed by atoms with van der Waals surface area (Å²) in [6.45, 7) is 0.670. The third-order valence-corrected chi connectivity index (χ3v) is 5.37. The lowest BCUT2D eigenvalue weighted by Gasteiger charge is -2.15. The number of amides is 2. The second-order valence-electron chi connectivity index (χ2n) is 6.65. The molecule has 0 radical (unpaired) electrons. The Balaban J connectivity index is 1.39. The van der Waals surface area contributed by atoms with E-state index in [0.29, 0.717) is 29.5 Å². The van der Waals surface area contributed by atoms with E-state index in [0.717, 1.165) is 17.8 Å². The molecule has 0 bridgehead atoms. The fraction of sp³-hybridized carbons (Fsp3) is 0.200. The van der Waals surface area contributed by atoms with E-state index in [4.69, 9.17) is 0 Å². The lowest BCUT2D eigenvalue weighted by atomic mass is 10.1. The minimum atomic E-state index is -0.960. The van der Waals surface area contributed by atoms with Crippen LogP contribution in [0.1, 0.15) is 12.1 Å². The maximum absolute atomic E-state index is 13.4. The van der Waals surface area contributed by atoms with Gasteiger partial charge in [0.25, 0.3) is 0 Å². The van der Waals surface area contributed by atoms with Crippen LogP contribution in [-0.4, -0.2) is 33.2 Å². The Morgan fingerprint density at radius 1 is 1.24 bits per heavy atom. The number of hydrogen-bond acceptors (Lipinski definition) is 5. The van der Waals surface area contributed by atoms with E-state index in [1.54, 1.807) is 22.5 Å². The largest absolute Gasteiger partial charge is 0.336 e. The maximum Gasteiger partial charge on any atom is 0.231 e. The summed E-state index contributed by atoms with van der Waals surface area (Å²) in [5, 5.41) is 4.70. The summed E-state index contributed by atoms with van der Waals surface area (Å²) in [6.07, 6.45) is 1.78. The van der Waals surface area contributed by atoms with Gasteiger partial charge in [0.2, 0.25) is 11.8 Å². The van der Waals surface area contributed by atoms with Crippen molar-refractivity contribution < 1.29 is 18.4 Å². The molecular formula is C20H16F2N4O2S. The highest BCUT2D eigenvalue weighted by Gasteiger charge is 2.34. The first kappa shape index (κ1) is 19.1. The van der Waals surface area contributed by atoms with Crippen molar-refractivity contribution in [1.29, 1.82) is 0 Å². The molecule has 0 spiro atoms. The van der Waals surface area contributed by atoms with Gasteiger partial charge >= 0.3 is 0 Å². The molecule has 1 aliphatic heterocycles. The average Bonchev–Trinajstić information content (AvgIpc) is 3.32. The van der Waals surface area contributed by atoms with Gasteiger partial charge in [-0.05, 0) is 30.3 Å². The Hall–Kier alpha value is -3.20. The van der Waals surface area contributed by atoms with Gasteiger partial charge in [-0.25, -0.2) is 13.8 Å². The summed E-state index contributed by atoms with van der Waals surface area (Å²) in [5.41, 5.74) is 1.61. The topological polar surface area (TPSA) is 75.2 Å². The highest BCUT2D eigenvalue weighted by Crippen LogP contribution is 2.27. The number of carbonyl (C=O) groups excluding carboxylic acids is 2. The van der Waals surface area contributed by atoms with Gasteiger partial charge in [-0.2, -0.15) is 0 Å². The van der Waals surface area contributed by atoms with Gasteiger partial charge in [0.15, 0.2) is 16.8 Å². The lowest BCUT2D eigenvalue weighted by molar-refractivity contribution is -0.128. The molecule has 2 amide bonds. The number of anilines is 1. The van der Waals surface area contributed by atoms with Crippen molar-refractivity contribution in [2.75, 3.05) is 11.9 Å². The van der Waals surface area contributed by atoms with Crippen LogP contribution < -0.4 is 5.32 Å². The summed E-state index contributed by atoms with van der Waals surface area (Å²) >= 11 is 1.18. The standard InChI is InChI=1S/C20H16F2N4O2S/c21-15-5-4-12(7-16(15)22)17-11-29-20(24-17)25-19(28)13-8-18(27)26(9-13)10-14-3-1-2-6-23-14/h1-7,11,13H,8-10H2,(H,24,25,28). The Morgan fingerprint density at radius 2 is 2.10 bits per heavy atom. The third-order valence-electron chi connectivity index (χ3n) is 4.61. The highest BCUT2D eigenvalue weighted by molar-refractivity contribution is 7.14. The zero-order valence-corrected chi connectivity index (χ0v) is 16.0. The second-order valence-corrected chi connectivity index (χ2v) is 7.51. The first-order valence-electron chi connectivity index (χ1n) is 8.89. The first-order valence-corrected chi connectivity index (χ1v) is 9.77. The van der Waals surface area contributed by atoms with Gasteiger partial charge in [0.05, 0.1) is 23.9 Å². The number of thiazole rings is 1. The molecule has 0 aliphatic carbocycles. The number of rotatable bonds is 5. The molecule has 1 saturated heterocycles. The number of nitrogens with zero attached hydrogens (tertiary/aromatic N) is 3. The molecule has 2 aromatic heterocycles. The summed E-state index contributed by atoms with van der Waals surface area (Å²) in [5.74, 6) is -2.77. The van der Waals surface area contributed by atoms with Crippen LogP contribution in [0.15, 0.2) is 48.0 Å². The molecule has 9 heteroatoms. The van der Waals surface area contributed by atoms with E-state index in [1.165, 1.54) is 17.4 Å². The van der Waals surface area contributed by atoms with Crippen LogP contribution in [0, 0.1) is 17.6 Å². The van der Waals surface area contributed by atoms with Gasteiger partial charge in [0, 0.05) is 30.1 Å². The van der Waals surface area contributed by atoms with Gasteiger partial charge < -0.3 is 10.2 Å². The van der Waals surface area contributed by atoms with Crippen LogP contribution in [-0.2, 0) is 16.1 Å². The summed E-state index contributed by atoms with van der Waals surface area (Å²) < 4.78 is 26.5. The van der Waals surface area contributed by atoms with Crippen molar-refractivity contribution >= 4 is 28.3 Å². The van der Waals surface area contributed by atoms with Crippen molar-refractivity contribution in [3.63, 3.8) is 0 Å². The van der Waals surface area contributed by atoms with Crippen molar-refractivity contribution in [3.05, 3.63) is 65.3 Å². The number of benzene rings is 1. The van der Waals surface area contributed by atoms with Crippen molar-refractivity contribution in [2.45, 2.75) is 13.0 Å². The summed E-state index contributed by atoms with van der Waals surface area (Å²) in [7, 11) is 0. The average molecular weight is 414 g/mol. The number of aromatic nitrogens is 2. The molecule has 3 heterocycles. The molecule has 1 atom stereocenters. The molecule has 148 valence electrons. The zero-order chi connectivity index (χ0) is 20.4. The Kier molecular flexibility index (Phi) is 5.30. The van der Waals surface area contributed by atoms with Gasteiger partial charge in [0.1, 0.15) is 0 Å². The number of carbonyl (C=O) groups is 2. The molecule has 1 aromatic carbocycles. The minimum absolute atomic E-state index is 0.0996. The van der Waals surface area contributed by atoms with Gasteiger partial charge in [-0.3, -0.25) is 14.6 Å². The minimum Gasteiger partial charge on any atom is -0.336 e. The number of likely N-dealkylation sites (tertiary alicyclic amines) is 1. The molecule has 4 rings (SSSR count). The van der Waals surface area contributed by atoms with E-state index in [2.05, 4.69) is 15.3 Å². The number of nitrogens with one attached hydrogen (secondary N) is 1. The van der Waals surface area contributed by atoms with Gasteiger partial charge in [-0.15, -0.1) is 11.3 Å². The van der Waals surface area contributed by atoms with Crippen LogP contribution in [0.5, 0.6) is 0 Å². The summed E-state index contributed by atoms with van der Waals surface area (Å²) in [4.78, 5) is 34.9. The molecular weight excluding hydrogens is 398 g/mol. The van der Waals surface area contributed by atoms with Gasteiger partial charge in [-0.1, -0.05) is 6.07 Å². The predicted octanol–water partition coefficient (Wildman–Crippen LogP) is 3.47. The predicted molar refractivity (Wildman–Crippen MR) is 104 cm³/mol. The number of halogens is 2. The van der Waals surface area contributed by atoms with E-state index >= 15 is 0 Å². The van der Waals surface area contributed by atoms with Crippen LogP contribution in [0.4, 0.5) is 13.9 Å². The normalized spacial score (nSPS) is 16.3. The Morgan fingerprint density at radius 3 is 2.86 bits per heavy atom. The van der Waals surface area contributed by atoms with Crippen molar-refractivity contribution in [3.8, 4) is 11.3 Å². The fourth-order valence-electron chi connectivity index (χ4n) is 3.11. The number of pyridine rings is 1. The molecule has 3 aromatic rings. The van der Waals surface area contributed by atoms with Crippen molar-refractivity contribution in [2.24, 2.45) is 5.92 Å². The van der Waals surface area contributed by atoms with Crippen molar-refractivity contribution in [1.82, 2.24) is 14.9 Å². The first-order chi connectivity index (χ1) is 14.0. The van der Waals surface area contributed by atoms with Crippen LogP contribution in [0.25, 0.3) is 11.3 Å². The van der Waals surface area contributed by atoms with E-state index in [1.807, 2.05) is 12.1 Å². The molecule has 1 fully saturated rings. The SMILES string of the molecule is O=C(Nc1nc(-c2ccc(F)c(F)c2)cs1)C1CC(=O)N(Cc2ccccn2)C1. The molecule has 6 nitrogen and oxygen atoms in total. The molecule has 1 unspecified atom stereocenters. The van der Waals surface area contributed by atoms with Crippen LogP contribution >= 0.6 is 11.3 Å². The van der Waals surface area contributed by atoms with E-state index in [9.17, 15) is 18.4 Å². The van der Waals surface area contributed by atoms with E-state index in [-0.39, 0.29) is 18.2 Å². The quantitative estimate of drug-likeness (QED) is 0.694. The van der Waals surface area contributed by atoms with Crippen LogP contribution in [0.3, 0.4) is 0 Å². The Labute approximate surface area is 169 Å².